The van der Waals surface area contributed by atoms with E-state index in [0.717, 1.165) is 62.9 Å². The van der Waals surface area contributed by atoms with Gasteiger partial charge < -0.3 is 24.7 Å². The fourth-order valence-electron chi connectivity index (χ4n) is 2.59. The highest BCUT2D eigenvalue weighted by Crippen LogP contribution is 2.04. The van der Waals surface area contributed by atoms with Crippen molar-refractivity contribution in [3.05, 3.63) is 36.3 Å². The largest absolute Gasteiger partial charge is 0.385 e. The molecule has 2 heterocycles. The maximum atomic E-state index is 5.07. The van der Waals surface area contributed by atoms with Crippen LogP contribution in [0.1, 0.15) is 12.1 Å². The van der Waals surface area contributed by atoms with Crippen LogP contribution in [0, 0.1) is 0 Å². The number of ether oxygens (including phenoxy) is 1. The number of imidazole rings is 1. The van der Waals surface area contributed by atoms with Crippen LogP contribution in [0.3, 0.4) is 0 Å². The van der Waals surface area contributed by atoms with E-state index in [1.807, 2.05) is 28.8 Å². The summed E-state index contributed by atoms with van der Waals surface area (Å²) in [5.74, 6) is 0.828. The predicted octanol–water partition coefficient (Wildman–Crippen LogP) is 1.63. The van der Waals surface area contributed by atoms with Crippen molar-refractivity contribution in [2.75, 3.05) is 54.0 Å². The number of likely N-dealkylation sites (N-methyl/N-ethyl adjacent to an activating group) is 1. The Balaban J connectivity index is 0.00000338. The van der Waals surface area contributed by atoms with Crippen molar-refractivity contribution in [3.8, 4) is 0 Å². The van der Waals surface area contributed by atoms with Gasteiger partial charge in [0.2, 0.25) is 0 Å². The first-order chi connectivity index (χ1) is 12.2. The Labute approximate surface area is 173 Å². The third-order valence-electron chi connectivity index (χ3n) is 3.99. The molecule has 2 rings (SSSR count). The molecular weight excluding hydrogens is 443 g/mol. The topological polar surface area (TPSA) is 66.2 Å². The number of methoxy groups -OCH3 is 1. The van der Waals surface area contributed by atoms with E-state index >= 15 is 0 Å². The Morgan fingerprint density at radius 3 is 2.81 bits per heavy atom. The van der Waals surface area contributed by atoms with Crippen molar-refractivity contribution in [1.29, 1.82) is 0 Å². The molecule has 0 aliphatic heterocycles. The number of nitrogens with one attached hydrogen (secondary N) is 2. The molecular formula is C18H31IN6O. The molecule has 8 heteroatoms. The fraction of sp³-hybridized carbons (Fsp3) is 0.556. The standard InChI is InChI=1S/C18H30N6O.HI/c1-19-18(21-10-13-23(2)11-6-14-25-3)20-9-8-16-15-24-12-5-4-7-17(24)22-16;/h4-5,7,12,15H,6,8-11,13-14H2,1-3H3,(H2,19,20,21);1H. The molecule has 0 fully saturated rings. The van der Waals surface area contributed by atoms with Gasteiger partial charge in [-0.3, -0.25) is 4.99 Å². The van der Waals surface area contributed by atoms with Crippen molar-refractivity contribution in [2.24, 2.45) is 4.99 Å². The van der Waals surface area contributed by atoms with Crippen LogP contribution in [0.25, 0.3) is 5.65 Å². The van der Waals surface area contributed by atoms with Crippen molar-refractivity contribution in [2.45, 2.75) is 12.8 Å². The van der Waals surface area contributed by atoms with Crippen LogP contribution in [0.5, 0.6) is 0 Å². The van der Waals surface area contributed by atoms with E-state index in [1.165, 1.54) is 0 Å². The van der Waals surface area contributed by atoms with Gasteiger partial charge >= 0.3 is 0 Å². The minimum Gasteiger partial charge on any atom is -0.385 e. The van der Waals surface area contributed by atoms with Gasteiger partial charge in [-0.25, -0.2) is 4.98 Å². The summed E-state index contributed by atoms with van der Waals surface area (Å²) in [6.07, 6.45) is 6.00. The van der Waals surface area contributed by atoms with Gasteiger partial charge in [0.1, 0.15) is 5.65 Å². The Hall–Kier alpha value is -1.39. The molecule has 2 aromatic rings. The first-order valence-electron chi connectivity index (χ1n) is 8.77. The molecule has 0 spiro atoms. The predicted molar refractivity (Wildman–Crippen MR) is 118 cm³/mol. The Morgan fingerprint density at radius 1 is 1.27 bits per heavy atom. The lowest BCUT2D eigenvalue weighted by Crippen LogP contribution is -2.41. The van der Waals surface area contributed by atoms with Crippen LogP contribution >= 0.6 is 24.0 Å². The first-order valence-corrected chi connectivity index (χ1v) is 8.77. The van der Waals surface area contributed by atoms with Gasteiger partial charge in [-0.2, -0.15) is 0 Å². The second kappa shape index (κ2) is 12.9. The fourth-order valence-corrected chi connectivity index (χ4v) is 2.59. The minimum absolute atomic E-state index is 0. The summed E-state index contributed by atoms with van der Waals surface area (Å²) >= 11 is 0. The lowest BCUT2D eigenvalue weighted by Gasteiger charge is -2.18. The summed E-state index contributed by atoms with van der Waals surface area (Å²) in [5.41, 5.74) is 2.06. The van der Waals surface area contributed by atoms with Crippen LogP contribution in [0.4, 0.5) is 0 Å². The lowest BCUT2D eigenvalue weighted by molar-refractivity contribution is 0.180. The van der Waals surface area contributed by atoms with E-state index in [1.54, 1.807) is 14.2 Å². The van der Waals surface area contributed by atoms with Gasteiger partial charge in [0.25, 0.3) is 0 Å². The average Bonchev–Trinajstić information content (AvgIpc) is 3.03. The summed E-state index contributed by atoms with van der Waals surface area (Å²) < 4.78 is 7.12. The molecule has 0 radical (unpaired) electrons. The Bertz CT molecular complexity index is 627. The molecule has 0 saturated carbocycles. The number of hydrogen-bond donors (Lipinski definition) is 2. The van der Waals surface area contributed by atoms with E-state index in [-0.39, 0.29) is 24.0 Å². The number of guanidine groups is 1. The van der Waals surface area contributed by atoms with Crippen LogP contribution in [0.15, 0.2) is 35.6 Å². The number of nitrogens with zero attached hydrogens (tertiary/aromatic N) is 4. The summed E-state index contributed by atoms with van der Waals surface area (Å²) in [6.45, 7) is 4.47. The molecule has 0 unspecified atom stereocenters. The molecule has 2 N–H and O–H groups in total. The number of fused-ring (bicyclic) bond motifs is 1. The molecule has 0 bridgehead atoms. The van der Waals surface area contributed by atoms with Gasteiger partial charge in [-0.05, 0) is 25.6 Å². The van der Waals surface area contributed by atoms with Crippen molar-refractivity contribution in [3.63, 3.8) is 0 Å². The monoisotopic (exact) mass is 474 g/mol. The highest BCUT2D eigenvalue weighted by atomic mass is 127. The molecule has 0 aliphatic carbocycles. The molecule has 2 aromatic heterocycles. The van der Waals surface area contributed by atoms with Gasteiger partial charge in [0.15, 0.2) is 5.96 Å². The van der Waals surface area contributed by atoms with E-state index < -0.39 is 0 Å². The highest BCUT2D eigenvalue weighted by Gasteiger charge is 2.03. The molecule has 0 saturated heterocycles. The van der Waals surface area contributed by atoms with Gasteiger partial charge in [0, 0.05) is 65.8 Å². The lowest BCUT2D eigenvalue weighted by atomic mass is 10.3. The Kier molecular flexibility index (Phi) is 11.2. The zero-order valence-electron chi connectivity index (χ0n) is 15.9. The number of aliphatic imine (C=N–C) groups is 1. The van der Waals surface area contributed by atoms with Crippen molar-refractivity contribution in [1.82, 2.24) is 24.9 Å². The first kappa shape index (κ1) is 22.7. The third-order valence-corrected chi connectivity index (χ3v) is 3.99. The number of hydrogen-bond acceptors (Lipinski definition) is 4. The number of aromatic nitrogens is 2. The normalized spacial score (nSPS) is 11.6. The van der Waals surface area contributed by atoms with Crippen LogP contribution in [0.2, 0.25) is 0 Å². The van der Waals surface area contributed by atoms with Crippen LogP contribution < -0.4 is 10.6 Å². The van der Waals surface area contributed by atoms with Crippen molar-refractivity contribution < 1.29 is 4.74 Å². The maximum absolute atomic E-state index is 5.07. The summed E-state index contributed by atoms with van der Waals surface area (Å²) in [4.78, 5) is 11.2. The third kappa shape index (κ3) is 7.88. The summed E-state index contributed by atoms with van der Waals surface area (Å²) in [5, 5.41) is 6.68. The summed E-state index contributed by atoms with van der Waals surface area (Å²) in [6, 6.07) is 6.03. The average molecular weight is 474 g/mol. The Morgan fingerprint density at radius 2 is 2.08 bits per heavy atom. The van der Waals surface area contributed by atoms with E-state index in [2.05, 4.69) is 38.8 Å². The smallest absolute Gasteiger partial charge is 0.191 e. The van der Waals surface area contributed by atoms with Gasteiger partial charge in [0.05, 0.1) is 5.69 Å². The van der Waals surface area contributed by atoms with Gasteiger partial charge in [-0.1, -0.05) is 6.07 Å². The van der Waals surface area contributed by atoms with E-state index in [4.69, 9.17) is 4.74 Å². The van der Waals surface area contributed by atoms with Gasteiger partial charge in [-0.15, -0.1) is 24.0 Å². The molecule has 0 aliphatic rings. The minimum atomic E-state index is 0. The van der Waals surface area contributed by atoms with Crippen LogP contribution in [-0.4, -0.2) is 74.2 Å². The molecule has 0 amide bonds. The molecule has 0 aromatic carbocycles. The number of pyridine rings is 1. The molecule has 26 heavy (non-hydrogen) atoms. The maximum Gasteiger partial charge on any atom is 0.191 e. The summed E-state index contributed by atoms with van der Waals surface area (Å²) in [7, 11) is 5.66. The molecule has 146 valence electrons. The van der Waals surface area contributed by atoms with E-state index in [0.29, 0.717) is 0 Å². The zero-order chi connectivity index (χ0) is 17.9. The second-order valence-corrected chi connectivity index (χ2v) is 6.02. The SMILES string of the molecule is CN=C(NCCc1cn2ccccc2n1)NCCN(C)CCCOC.I. The molecule has 7 nitrogen and oxygen atoms in total. The number of halogens is 1. The number of rotatable bonds is 10. The zero-order valence-corrected chi connectivity index (χ0v) is 18.3. The molecule has 0 atom stereocenters. The van der Waals surface area contributed by atoms with Crippen molar-refractivity contribution >= 4 is 35.6 Å². The second-order valence-electron chi connectivity index (χ2n) is 6.02. The van der Waals surface area contributed by atoms with E-state index in [9.17, 15) is 0 Å². The quantitative estimate of drug-likeness (QED) is 0.237. The highest BCUT2D eigenvalue weighted by molar-refractivity contribution is 14.0. The van der Waals surface area contributed by atoms with Crippen LogP contribution in [-0.2, 0) is 11.2 Å².